The topological polar surface area (TPSA) is 59.6 Å². The van der Waals surface area contributed by atoms with Gasteiger partial charge in [-0.1, -0.05) is 6.07 Å². The quantitative estimate of drug-likeness (QED) is 0.669. The Morgan fingerprint density at radius 2 is 1.77 bits per heavy atom. The van der Waals surface area contributed by atoms with Crippen molar-refractivity contribution in [1.29, 1.82) is 0 Å². The number of amides is 1. The maximum atomic E-state index is 13.8. The lowest BCUT2D eigenvalue weighted by molar-refractivity contribution is -0.138. The number of hydrogen-bond acceptors (Lipinski definition) is 4. The normalized spacial score (nSPS) is 23.4. The van der Waals surface area contributed by atoms with E-state index in [1.165, 1.54) is 12.1 Å². The number of rotatable bonds is 4. The van der Waals surface area contributed by atoms with Crippen molar-refractivity contribution in [3.8, 4) is 0 Å². The van der Waals surface area contributed by atoms with Crippen molar-refractivity contribution >= 4 is 11.8 Å². The second-order valence-electron chi connectivity index (χ2n) is 9.19. The van der Waals surface area contributed by atoms with Crippen molar-refractivity contribution in [1.82, 2.24) is 5.32 Å². The lowest BCUT2D eigenvalue weighted by Crippen LogP contribution is -2.40. The molecule has 0 bridgehead atoms. The third kappa shape index (κ3) is 6.35. The van der Waals surface area contributed by atoms with E-state index in [0.717, 1.165) is 38.5 Å². The van der Waals surface area contributed by atoms with Crippen LogP contribution in [0, 0.1) is 0 Å². The minimum absolute atomic E-state index is 0.0789. The van der Waals surface area contributed by atoms with Crippen LogP contribution in [0.5, 0.6) is 0 Å². The highest BCUT2D eigenvalue weighted by molar-refractivity contribution is 5.85. The molecule has 1 aromatic carbocycles. The van der Waals surface area contributed by atoms with Crippen LogP contribution in [0.4, 0.5) is 23.7 Å². The summed E-state index contributed by atoms with van der Waals surface area (Å²) in [4.78, 5) is 11.9. The molecule has 1 aliphatic carbocycles. The Bertz CT molecular complexity index is 740. The average molecular weight is 428 g/mol. The summed E-state index contributed by atoms with van der Waals surface area (Å²) in [6.45, 7) is 6.56. The first-order valence-electron chi connectivity index (χ1n) is 10.6. The van der Waals surface area contributed by atoms with Crippen LogP contribution in [0.25, 0.3) is 0 Å². The fraction of sp³-hybridized carbons (Fsp3) is 0.682. The number of carbonyl (C=O) groups excluding carboxylic acids is 1. The third-order valence-electron chi connectivity index (χ3n) is 5.57. The van der Waals surface area contributed by atoms with Gasteiger partial charge in [-0.2, -0.15) is 13.2 Å². The summed E-state index contributed by atoms with van der Waals surface area (Å²) in [7, 11) is 0. The Labute approximate surface area is 175 Å². The second-order valence-corrected chi connectivity index (χ2v) is 9.19. The molecule has 1 aromatic rings. The zero-order valence-electron chi connectivity index (χ0n) is 17.8. The summed E-state index contributed by atoms with van der Waals surface area (Å²) in [5.74, 6) is -0.158. The molecule has 2 aliphatic rings. The highest BCUT2D eigenvalue weighted by atomic mass is 19.4. The van der Waals surface area contributed by atoms with Crippen LogP contribution >= 0.6 is 0 Å². The van der Waals surface area contributed by atoms with Gasteiger partial charge in [-0.05, 0) is 76.5 Å². The zero-order valence-corrected chi connectivity index (χ0v) is 17.8. The molecule has 5 nitrogen and oxygen atoms in total. The van der Waals surface area contributed by atoms with Gasteiger partial charge in [0, 0.05) is 31.0 Å². The van der Waals surface area contributed by atoms with Crippen molar-refractivity contribution in [2.75, 3.05) is 18.5 Å². The Morgan fingerprint density at radius 1 is 1.07 bits per heavy atom. The molecule has 1 saturated carbocycles. The highest BCUT2D eigenvalue weighted by Crippen LogP contribution is 2.43. The molecule has 0 aromatic heterocycles. The van der Waals surface area contributed by atoms with Gasteiger partial charge in [0.2, 0.25) is 0 Å². The number of anilines is 1. The number of benzene rings is 1. The number of carbonyl (C=O) groups is 1. The fourth-order valence-corrected chi connectivity index (χ4v) is 4.27. The van der Waals surface area contributed by atoms with Gasteiger partial charge in [0.1, 0.15) is 5.60 Å². The molecule has 1 saturated heterocycles. The second kappa shape index (κ2) is 9.14. The summed E-state index contributed by atoms with van der Waals surface area (Å²) in [5, 5.41) is 6.01. The van der Waals surface area contributed by atoms with Crippen LogP contribution in [0.2, 0.25) is 0 Å². The summed E-state index contributed by atoms with van der Waals surface area (Å²) in [5.41, 5.74) is -1.04. The summed E-state index contributed by atoms with van der Waals surface area (Å²) < 4.78 is 51.9. The first kappa shape index (κ1) is 22.9. The van der Waals surface area contributed by atoms with Gasteiger partial charge >= 0.3 is 12.3 Å². The number of alkyl halides is 3. The molecule has 0 radical (unpaired) electrons. The van der Waals surface area contributed by atoms with Gasteiger partial charge in [0.15, 0.2) is 0 Å². The predicted molar refractivity (Wildman–Crippen MR) is 109 cm³/mol. The molecule has 3 rings (SSSR count). The van der Waals surface area contributed by atoms with Crippen molar-refractivity contribution in [3.05, 3.63) is 29.3 Å². The van der Waals surface area contributed by atoms with E-state index in [1.54, 1.807) is 20.8 Å². The Morgan fingerprint density at radius 3 is 2.40 bits per heavy atom. The number of nitrogens with one attached hydrogen (secondary N) is 2. The van der Waals surface area contributed by atoms with E-state index in [4.69, 9.17) is 9.47 Å². The minimum Gasteiger partial charge on any atom is -0.444 e. The smallest absolute Gasteiger partial charge is 0.416 e. The third-order valence-corrected chi connectivity index (χ3v) is 5.57. The highest BCUT2D eigenvalue weighted by Gasteiger charge is 2.38. The molecule has 30 heavy (non-hydrogen) atoms. The standard InChI is InChI=1S/C22H31F3N2O3/c1-21(2,3)30-20(28)27-17-6-7-18(19(13-17)22(23,24)25)14-4-5-16(12-14)26-15-8-10-29-11-9-15/h6-7,13-16,26H,4-5,8-12H2,1-3H3,(H,27,28). The molecule has 0 spiro atoms. The van der Waals surface area contributed by atoms with Crippen LogP contribution in [0.1, 0.15) is 69.9 Å². The molecule has 2 atom stereocenters. The number of ether oxygens (including phenoxy) is 2. The Balaban J connectivity index is 1.70. The van der Waals surface area contributed by atoms with Crippen LogP contribution in [-0.4, -0.2) is 37.0 Å². The van der Waals surface area contributed by atoms with E-state index in [-0.39, 0.29) is 17.6 Å². The molecular formula is C22H31F3N2O3. The lowest BCUT2D eigenvalue weighted by atomic mass is 9.91. The van der Waals surface area contributed by atoms with Crippen molar-refractivity contribution in [2.24, 2.45) is 0 Å². The van der Waals surface area contributed by atoms with Gasteiger partial charge in [0.05, 0.1) is 5.56 Å². The molecule has 2 N–H and O–H groups in total. The average Bonchev–Trinajstić information content (AvgIpc) is 3.08. The maximum Gasteiger partial charge on any atom is 0.416 e. The molecule has 8 heteroatoms. The summed E-state index contributed by atoms with van der Waals surface area (Å²) in [6, 6.07) is 4.63. The fourth-order valence-electron chi connectivity index (χ4n) is 4.27. The van der Waals surface area contributed by atoms with Crippen molar-refractivity contribution < 1.29 is 27.4 Å². The van der Waals surface area contributed by atoms with E-state index in [1.807, 2.05) is 0 Å². The van der Waals surface area contributed by atoms with Gasteiger partial charge in [-0.3, -0.25) is 5.32 Å². The van der Waals surface area contributed by atoms with Gasteiger partial charge in [-0.15, -0.1) is 0 Å². The van der Waals surface area contributed by atoms with Crippen LogP contribution < -0.4 is 10.6 Å². The van der Waals surface area contributed by atoms with Crippen LogP contribution in [0.3, 0.4) is 0 Å². The van der Waals surface area contributed by atoms with E-state index < -0.39 is 23.4 Å². The van der Waals surface area contributed by atoms with E-state index in [2.05, 4.69) is 10.6 Å². The largest absolute Gasteiger partial charge is 0.444 e. The van der Waals surface area contributed by atoms with Crippen LogP contribution in [0.15, 0.2) is 18.2 Å². The lowest BCUT2D eigenvalue weighted by Gasteiger charge is -2.27. The van der Waals surface area contributed by atoms with E-state index in [0.29, 0.717) is 24.4 Å². The molecule has 2 fully saturated rings. The van der Waals surface area contributed by atoms with Crippen molar-refractivity contribution in [2.45, 2.75) is 82.7 Å². The Kier molecular flexibility index (Phi) is 6.97. The number of halogens is 3. The molecule has 1 aliphatic heterocycles. The van der Waals surface area contributed by atoms with Crippen LogP contribution in [-0.2, 0) is 15.7 Å². The zero-order chi connectivity index (χ0) is 21.9. The van der Waals surface area contributed by atoms with E-state index in [9.17, 15) is 18.0 Å². The van der Waals surface area contributed by atoms with Gasteiger partial charge in [0.25, 0.3) is 0 Å². The first-order valence-corrected chi connectivity index (χ1v) is 10.6. The summed E-state index contributed by atoms with van der Waals surface area (Å²) in [6.07, 6.45) is -1.13. The molecule has 1 heterocycles. The Hall–Kier alpha value is -1.80. The monoisotopic (exact) mass is 428 g/mol. The van der Waals surface area contributed by atoms with Crippen molar-refractivity contribution in [3.63, 3.8) is 0 Å². The maximum absolute atomic E-state index is 13.8. The molecule has 168 valence electrons. The summed E-state index contributed by atoms with van der Waals surface area (Å²) >= 11 is 0. The molecule has 1 amide bonds. The molecule has 2 unspecified atom stereocenters. The predicted octanol–water partition coefficient (Wildman–Crippen LogP) is 5.46. The van der Waals surface area contributed by atoms with E-state index >= 15 is 0 Å². The minimum atomic E-state index is -4.49. The first-order chi connectivity index (χ1) is 14.0. The SMILES string of the molecule is CC(C)(C)OC(=O)Nc1ccc(C2CCC(NC3CCOCC3)C2)c(C(F)(F)F)c1. The molecular weight excluding hydrogens is 397 g/mol. The van der Waals surface area contributed by atoms with Gasteiger partial charge in [-0.25, -0.2) is 4.79 Å². The number of hydrogen-bond donors (Lipinski definition) is 2. The van der Waals surface area contributed by atoms with Gasteiger partial charge < -0.3 is 14.8 Å².